The second-order valence-electron chi connectivity index (χ2n) is 4.96. The van der Waals surface area contributed by atoms with E-state index in [1.807, 2.05) is 0 Å². The zero-order valence-corrected chi connectivity index (χ0v) is 12.2. The van der Waals surface area contributed by atoms with Crippen LogP contribution in [0.4, 0.5) is 5.69 Å². The van der Waals surface area contributed by atoms with Gasteiger partial charge in [0.05, 0.1) is 4.90 Å². The first-order valence-electron chi connectivity index (χ1n) is 6.55. The highest BCUT2D eigenvalue weighted by atomic mass is 32.2. The Labute approximate surface area is 118 Å². The van der Waals surface area contributed by atoms with Crippen LogP contribution in [-0.2, 0) is 14.8 Å². The smallest absolute Gasteiger partial charge is 0.241 e. The lowest BCUT2D eigenvalue weighted by atomic mass is 10.2. The molecule has 0 saturated heterocycles. The summed E-state index contributed by atoms with van der Waals surface area (Å²) in [4.78, 5) is 11.7. The van der Waals surface area contributed by atoms with Crippen LogP contribution in [0.5, 0.6) is 0 Å². The number of hydrogen-bond donors (Lipinski definition) is 3. The third-order valence-electron chi connectivity index (χ3n) is 3.03. The Morgan fingerprint density at radius 2 is 2.10 bits per heavy atom. The van der Waals surface area contributed by atoms with E-state index in [1.165, 1.54) is 6.07 Å². The maximum Gasteiger partial charge on any atom is 0.241 e. The molecule has 1 aliphatic carbocycles. The highest BCUT2D eigenvalue weighted by molar-refractivity contribution is 7.89. The van der Waals surface area contributed by atoms with Gasteiger partial charge in [-0.25, -0.2) is 13.1 Å². The number of carbonyl (C=O) groups is 1. The van der Waals surface area contributed by atoms with Gasteiger partial charge in [-0.05, 0) is 37.5 Å². The number of carbonyl (C=O) groups excluding carboxylic acids is 1. The van der Waals surface area contributed by atoms with Gasteiger partial charge in [-0.1, -0.05) is 6.07 Å². The molecule has 0 radical (unpaired) electrons. The maximum atomic E-state index is 12.2. The number of nitrogens with two attached hydrogens (primary N) is 1. The molecular weight excluding hydrogens is 278 g/mol. The van der Waals surface area contributed by atoms with Crippen molar-refractivity contribution in [2.75, 3.05) is 11.9 Å². The van der Waals surface area contributed by atoms with Crippen LogP contribution in [0.3, 0.4) is 0 Å². The number of benzene rings is 1. The fourth-order valence-corrected chi connectivity index (χ4v) is 3.38. The van der Waals surface area contributed by atoms with Gasteiger partial charge in [0.1, 0.15) is 0 Å². The number of anilines is 1. The fraction of sp³-hybridized carbons (Fsp3) is 0.462. The summed E-state index contributed by atoms with van der Waals surface area (Å²) in [5.41, 5.74) is 6.41. The predicted molar refractivity (Wildman–Crippen MR) is 76.8 cm³/mol. The first-order valence-corrected chi connectivity index (χ1v) is 8.03. The SMILES string of the molecule is Cc1ccc(NC(=O)CCN)cc1S(=O)(=O)NC1CC1. The molecule has 0 bridgehead atoms. The van der Waals surface area contributed by atoms with Crippen LogP contribution in [0.15, 0.2) is 23.1 Å². The molecule has 6 nitrogen and oxygen atoms in total. The van der Waals surface area contributed by atoms with Gasteiger partial charge in [-0.15, -0.1) is 0 Å². The van der Waals surface area contributed by atoms with Crippen LogP contribution in [0.25, 0.3) is 0 Å². The molecule has 1 aromatic carbocycles. The molecule has 20 heavy (non-hydrogen) atoms. The summed E-state index contributed by atoms with van der Waals surface area (Å²) in [6.07, 6.45) is 1.96. The lowest BCUT2D eigenvalue weighted by molar-refractivity contribution is -0.116. The van der Waals surface area contributed by atoms with Crippen LogP contribution in [0, 0.1) is 6.92 Å². The van der Waals surface area contributed by atoms with E-state index in [2.05, 4.69) is 10.0 Å². The largest absolute Gasteiger partial charge is 0.330 e. The van der Waals surface area contributed by atoms with E-state index in [1.54, 1.807) is 19.1 Å². The van der Waals surface area contributed by atoms with Gasteiger partial charge >= 0.3 is 0 Å². The Kier molecular flexibility index (Phi) is 4.42. The van der Waals surface area contributed by atoms with E-state index >= 15 is 0 Å². The molecule has 7 heteroatoms. The summed E-state index contributed by atoms with van der Waals surface area (Å²) in [6, 6.07) is 4.89. The van der Waals surface area contributed by atoms with Crippen molar-refractivity contribution in [2.45, 2.75) is 37.1 Å². The highest BCUT2D eigenvalue weighted by Crippen LogP contribution is 2.25. The quantitative estimate of drug-likeness (QED) is 0.720. The monoisotopic (exact) mass is 297 g/mol. The van der Waals surface area contributed by atoms with Gasteiger partial charge in [-0.2, -0.15) is 0 Å². The topological polar surface area (TPSA) is 101 Å². The van der Waals surface area contributed by atoms with Crippen LogP contribution in [-0.4, -0.2) is 26.9 Å². The van der Waals surface area contributed by atoms with Crippen LogP contribution < -0.4 is 15.8 Å². The van der Waals surface area contributed by atoms with Crippen molar-refractivity contribution < 1.29 is 13.2 Å². The Morgan fingerprint density at radius 3 is 2.70 bits per heavy atom. The summed E-state index contributed by atoms with van der Waals surface area (Å²) in [6.45, 7) is 1.99. The van der Waals surface area contributed by atoms with Gasteiger partial charge in [0.25, 0.3) is 0 Å². The molecular formula is C13H19N3O3S. The van der Waals surface area contributed by atoms with E-state index in [4.69, 9.17) is 5.73 Å². The van der Waals surface area contributed by atoms with Crippen molar-refractivity contribution in [3.63, 3.8) is 0 Å². The lowest BCUT2D eigenvalue weighted by Gasteiger charge is -2.11. The average molecular weight is 297 g/mol. The number of amides is 1. The maximum absolute atomic E-state index is 12.2. The van der Waals surface area contributed by atoms with Gasteiger partial charge in [0.15, 0.2) is 0 Å². The van der Waals surface area contributed by atoms with E-state index in [0.717, 1.165) is 12.8 Å². The van der Waals surface area contributed by atoms with Gasteiger partial charge in [0, 0.05) is 24.7 Å². The molecule has 1 aliphatic rings. The molecule has 1 saturated carbocycles. The van der Waals surface area contributed by atoms with Gasteiger partial charge in [0.2, 0.25) is 15.9 Å². The Morgan fingerprint density at radius 1 is 1.40 bits per heavy atom. The Bertz CT molecular complexity index is 609. The molecule has 2 rings (SSSR count). The van der Waals surface area contributed by atoms with Crippen molar-refractivity contribution in [3.8, 4) is 0 Å². The molecule has 0 spiro atoms. The van der Waals surface area contributed by atoms with Crippen molar-refractivity contribution in [2.24, 2.45) is 5.73 Å². The average Bonchev–Trinajstić information content (AvgIpc) is 3.15. The fourth-order valence-electron chi connectivity index (χ4n) is 1.81. The standard InChI is InChI=1S/C13H19N3O3S/c1-9-2-3-11(15-13(17)6-7-14)8-12(9)20(18,19)16-10-4-5-10/h2-3,8,10,16H,4-7,14H2,1H3,(H,15,17). The van der Waals surface area contributed by atoms with Crippen LogP contribution in [0.1, 0.15) is 24.8 Å². The second-order valence-corrected chi connectivity index (χ2v) is 6.65. The molecule has 110 valence electrons. The van der Waals surface area contributed by atoms with Gasteiger partial charge < -0.3 is 11.1 Å². The van der Waals surface area contributed by atoms with Crippen LogP contribution >= 0.6 is 0 Å². The predicted octanol–water partition coefficient (Wildman–Crippen LogP) is 0.723. The molecule has 0 aliphatic heterocycles. The number of hydrogen-bond acceptors (Lipinski definition) is 4. The number of aryl methyl sites for hydroxylation is 1. The summed E-state index contributed by atoms with van der Waals surface area (Å²) in [5, 5.41) is 2.64. The first kappa shape index (κ1) is 15.0. The highest BCUT2D eigenvalue weighted by Gasteiger charge is 2.28. The van der Waals surface area contributed by atoms with Crippen molar-refractivity contribution in [1.29, 1.82) is 0 Å². The van der Waals surface area contributed by atoms with E-state index < -0.39 is 10.0 Å². The number of sulfonamides is 1. The second kappa shape index (κ2) is 5.90. The molecule has 0 aromatic heterocycles. The Hall–Kier alpha value is -1.44. The minimum absolute atomic E-state index is 0.0508. The van der Waals surface area contributed by atoms with Crippen molar-refractivity contribution in [1.82, 2.24) is 4.72 Å². The number of nitrogens with one attached hydrogen (secondary N) is 2. The normalized spacial score (nSPS) is 15.1. The summed E-state index contributed by atoms with van der Waals surface area (Å²) in [5.74, 6) is -0.227. The summed E-state index contributed by atoms with van der Waals surface area (Å²) < 4.78 is 27.1. The third-order valence-corrected chi connectivity index (χ3v) is 4.69. The van der Waals surface area contributed by atoms with Crippen molar-refractivity contribution >= 4 is 21.6 Å². The molecule has 1 amide bonds. The Balaban J connectivity index is 2.21. The zero-order valence-electron chi connectivity index (χ0n) is 11.3. The zero-order chi connectivity index (χ0) is 14.8. The molecule has 1 aromatic rings. The molecule has 1 fully saturated rings. The molecule has 0 unspecified atom stereocenters. The van der Waals surface area contributed by atoms with E-state index in [0.29, 0.717) is 11.3 Å². The summed E-state index contributed by atoms with van der Waals surface area (Å²) >= 11 is 0. The number of rotatable bonds is 6. The first-order chi connectivity index (χ1) is 9.42. The van der Waals surface area contributed by atoms with Crippen molar-refractivity contribution in [3.05, 3.63) is 23.8 Å². The molecule has 0 heterocycles. The molecule has 4 N–H and O–H groups in total. The lowest BCUT2D eigenvalue weighted by Crippen LogP contribution is -2.26. The van der Waals surface area contributed by atoms with E-state index in [9.17, 15) is 13.2 Å². The van der Waals surface area contributed by atoms with E-state index in [-0.39, 0.29) is 29.8 Å². The summed E-state index contributed by atoms with van der Waals surface area (Å²) in [7, 11) is -3.52. The molecule has 0 atom stereocenters. The third kappa shape index (κ3) is 3.78. The van der Waals surface area contributed by atoms with Crippen LogP contribution in [0.2, 0.25) is 0 Å². The minimum Gasteiger partial charge on any atom is -0.330 e. The minimum atomic E-state index is -3.52. The van der Waals surface area contributed by atoms with Gasteiger partial charge in [-0.3, -0.25) is 4.79 Å².